The molecule has 0 aliphatic carbocycles. The van der Waals surface area contributed by atoms with Crippen molar-refractivity contribution < 1.29 is 4.79 Å². The quantitative estimate of drug-likeness (QED) is 0.825. The molecule has 0 aliphatic rings. The summed E-state index contributed by atoms with van der Waals surface area (Å²) in [6, 6.07) is 5.03. The Bertz CT molecular complexity index is 697. The van der Waals surface area contributed by atoms with Gasteiger partial charge in [0.05, 0.1) is 11.6 Å². The summed E-state index contributed by atoms with van der Waals surface area (Å²) in [5.74, 6) is 5.77. The third kappa shape index (κ3) is 3.38. The summed E-state index contributed by atoms with van der Waals surface area (Å²) in [5, 5.41) is 3.21. The summed E-state index contributed by atoms with van der Waals surface area (Å²) in [4.78, 5) is 16.2. The summed E-state index contributed by atoms with van der Waals surface area (Å²) in [5.41, 5.74) is 6.51. The second-order valence-electron chi connectivity index (χ2n) is 4.04. The first-order chi connectivity index (χ1) is 9.60. The number of nitrogens with zero attached hydrogens (tertiary/aromatic N) is 2. The number of carbonyl (C=O) groups excluding carboxylic acids is 1. The molecule has 2 heterocycles. The van der Waals surface area contributed by atoms with Crippen LogP contribution in [0.2, 0.25) is 5.02 Å². The molecule has 3 N–H and O–H groups in total. The Morgan fingerprint density at radius 1 is 1.55 bits per heavy atom. The zero-order valence-corrected chi connectivity index (χ0v) is 11.6. The zero-order chi connectivity index (χ0) is 14.5. The summed E-state index contributed by atoms with van der Waals surface area (Å²) in [6.45, 7) is 0.284. The number of pyridine rings is 1. The van der Waals surface area contributed by atoms with Crippen molar-refractivity contribution in [3.63, 3.8) is 0 Å². The Hall–Kier alpha value is -2.29. The maximum Gasteiger partial charge on any atom is 0.273 e. The first kappa shape index (κ1) is 14.1. The molecule has 0 radical (unpaired) electrons. The van der Waals surface area contributed by atoms with Crippen LogP contribution in [0.4, 0.5) is 5.82 Å². The van der Waals surface area contributed by atoms with Crippen molar-refractivity contribution in [1.82, 2.24) is 9.55 Å². The van der Waals surface area contributed by atoms with Crippen molar-refractivity contribution in [3.8, 4) is 11.8 Å². The first-order valence-corrected chi connectivity index (χ1v) is 6.26. The van der Waals surface area contributed by atoms with E-state index in [2.05, 4.69) is 22.1 Å². The van der Waals surface area contributed by atoms with Crippen LogP contribution in [-0.2, 0) is 7.05 Å². The number of hydrogen-bond acceptors (Lipinski definition) is 3. The van der Waals surface area contributed by atoms with Gasteiger partial charge in [0.15, 0.2) is 0 Å². The van der Waals surface area contributed by atoms with Crippen LogP contribution in [-0.4, -0.2) is 22.0 Å². The van der Waals surface area contributed by atoms with E-state index in [0.717, 1.165) is 5.56 Å². The highest BCUT2D eigenvalue weighted by molar-refractivity contribution is 6.31. The number of nitrogens with one attached hydrogen (secondary N) is 1. The van der Waals surface area contributed by atoms with Gasteiger partial charge in [0.25, 0.3) is 5.91 Å². The van der Waals surface area contributed by atoms with Crippen LogP contribution >= 0.6 is 11.6 Å². The van der Waals surface area contributed by atoms with Crippen molar-refractivity contribution in [3.05, 3.63) is 46.9 Å². The number of hydrogen-bond donors (Lipinski definition) is 2. The molecule has 102 valence electrons. The van der Waals surface area contributed by atoms with Gasteiger partial charge in [-0.3, -0.25) is 4.79 Å². The standard InChI is InChI=1S/C14H13ClN4O/c1-19-9-11(15)8-12(19)14(20)18-13-7-10(3-2-5-16)4-6-17-13/h4,6-9H,5,16H2,1H3,(H,17,18,20). The number of halogens is 1. The molecule has 0 aromatic carbocycles. The third-order valence-electron chi connectivity index (χ3n) is 2.54. The summed E-state index contributed by atoms with van der Waals surface area (Å²) in [7, 11) is 1.75. The molecule has 2 aromatic rings. The molecule has 2 aromatic heterocycles. The van der Waals surface area contributed by atoms with E-state index in [-0.39, 0.29) is 12.5 Å². The SMILES string of the molecule is Cn1cc(Cl)cc1C(=O)Nc1cc(C#CCN)ccn1. The van der Waals surface area contributed by atoms with Gasteiger partial charge in [0.2, 0.25) is 0 Å². The lowest BCUT2D eigenvalue weighted by Gasteiger charge is -2.05. The summed E-state index contributed by atoms with van der Waals surface area (Å²) in [6.07, 6.45) is 3.24. The molecule has 0 spiro atoms. The van der Waals surface area contributed by atoms with E-state index >= 15 is 0 Å². The Kier molecular flexibility index (Phi) is 4.41. The fraction of sp³-hybridized carbons (Fsp3) is 0.143. The highest BCUT2D eigenvalue weighted by Crippen LogP contribution is 2.14. The molecule has 5 nitrogen and oxygen atoms in total. The van der Waals surface area contributed by atoms with Gasteiger partial charge < -0.3 is 15.6 Å². The van der Waals surface area contributed by atoms with E-state index in [1.54, 1.807) is 42.2 Å². The van der Waals surface area contributed by atoms with E-state index in [1.807, 2.05) is 0 Å². The lowest BCUT2D eigenvalue weighted by molar-refractivity contribution is 0.101. The zero-order valence-electron chi connectivity index (χ0n) is 10.9. The Morgan fingerprint density at radius 2 is 2.35 bits per heavy atom. The number of carbonyl (C=O) groups is 1. The number of aryl methyl sites for hydroxylation is 1. The monoisotopic (exact) mass is 288 g/mol. The van der Waals surface area contributed by atoms with Gasteiger partial charge in [-0.1, -0.05) is 23.4 Å². The lowest BCUT2D eigenvalue weighted by Crippen LogP contribution is -2.16. The molecule has 0 saturated heterocycles. The fourth-order valence-electron chi connectivity index (χ4n) is 1.66. The fourth-order valence-corrected chi connectivity index (χ4v) is 1.91. The number of anilines is 1. The molecule has 1 amide bonds. The molecule has 20 heavy (non-hydrogen) atoms. The molecule has 6 heteroatoms. The van der Waals surface area contributed by atoms with Crippen molar-refractivity contribution in [2.75, 3.05) is 11.9 Å². The first-order valence-electron chi connectivity index (χ1n) is 5.88. The molecule has 0 aliphatic heterocycles. The number of nitrogens with two attached hydrogens (primary N) is 1. The van der Waals surface area contributed by atoms with Crippen molar-refractivity contribution >= 4 is 23.3 Å². The maximum atomic E-state index is 12.1. The van der Waals surface area contributed by atoms with Crippen LogP contribution in [0, 0.1) is 11.8 Å². The van der Waals surface area contributed by atoms with E-state index in [1.165, 1.54) is 0 Å². The predicted molar refractivity (Wildman–Crippen MR) is 78.5 cm³/mol. The Labute approximate surface area is 121 Å². The molecule has 2 rings (SSSR count). The van der Waals surface area contributed by atoms with Gasteiger partial charge in [0, 0.05) is 25.0 Å². The highest BCUT2D eigenvalue weighted by atomic mass is 35.5. The maximum absolute atomic E-state index is 12.1. The van der Waals surface area contributed by atoms with Crippen molar-refractivity contribution in [2.24, 2.45) is 12.8 Å². The van der Waals surface area contributed by atoms with Gasteiger partial charge in [-0.2, -0.15) is 0 Å². The van der Waals surface area contributed by atoms with Crippen LogP contribution in [0.1, 0.15) is 16.1 Å². The molecule has 0 bridgehead atoms. The van der Waals surface area contributed by atoms with Crippen molar-refractivity contribution in [1.29, 1.82) is 0 Å². The second-order valence-corrected chi connectivity index (χ2v) is 4.48. The molecule has 0 saturated carbocycles. The minimum atomic E-state index is -0.282. The normalized spacial score (nSPS) is 9.75. The van der Waals surface area contributed by atoms with E-state index < -0.39 is 0 Å². The number of aromatic nitrogens is 2. The van der Waals surface area contributed by atoms with Gasteiger partial charge in [-0.25, -0.2) is 4.98 Å². The van der Waals surface area contributed by atoms with Gasteiger partial charge in [-0.15, -0.1) is 0 Å². The van der Waals surface area contributed by atoms with Crippen LogP contribution in [0.25, 0.3) is 0 Å². The Morgan fingerprint density at radius 3 is 3.00 bits per heavy atom. The van der Waals surface area contributed by atoms with Crippen LogP contribution < -0.4 is 11.1 Å². The van der Waals surface area contributed by atoms with Gasteiger partial charge in [0.1, 0.15) is 11.5 Å². The number of rotatable bonds is 2. The lowest BCUT2D eigenvalue weighted by atomic mass is 10.2. The minimum absolute atomic E-state index is 0.282. The smallest absolute Gasteiger partial charge is 0.273 e. The Balaban J connectivity index is 2.17. The van der Waals surface area contributed by atoms with E-state index in [0.29, 0.717) is 16.5 Å². The summed E-state index contributed by atoms with van der Waals surface area (Å²) >= 11 is 5.85. The molecular formula is C14H13ClN4O. The van der Waals surface area contributed by atoms with Gasteiger partial charge >= 0.3 is 0 Å². The minimum Gasteiger partial charge on any atom is -0.345 e. The predicted octanol–water partition coefficient (Wildman–Crippen LogP) is 1.64. The summed E-state index contributed by atoms with van der Waals surface area (Å²) < 4.78 is 1.65. The topological polar surface area (TPSA) is 72.9 Å². The third-order valence-corrected chi connectivity index (χ3v) is 2.75. The second kappa shape index (κ2) is 6.24. The molecule has 0 fully saturated rings. The van der Waals surface area contributed by atoms with Crippen molar-refractivity contribution in [2.45, 2.75) is 0 Å². The van der Waals surface area contributed by atoms with E-state index in [4.69, 9.17) is 17.3 Å². The average molecular weight is 289 g/mol. The average Bonchev–Trinajstić information content (AvgIpc) is 2.76. The van der Waals surface area contributed by atoms with Crippen LogP contribution in [0.3, 0.4) is 0 Å². The van der Waals surface area contributed by atoms with E-state index in [9.17, 15) is 4.79 Å². The highest BCUT2D eigenvalue weighted by Gasteiger charge is 2.11. The van der Waals surface area contributed by atoms with Crippen LogP contribution in [0.5, 0.6) is 0 Å². The number of amides is 1. The molecule has 0 atom stereocenters. The van der Waals surface area contributed by atoms with Crippen LogP contribution in [0.15, 0.2) is 30.6 Å². The molecular weight excluding hydrogens is 276 g/mol. The molecule has 0 unspecified atom stereocenters. The largest absolute Gasteiger partial charge is 0.345 e. The van der Waals surface area contributed by atoms with Gasteiger partial charge in [-0.05, 0) is 18.2 Å².